The summed E-state index contributed by atoms with van der Waals surface area (Å²) in [4.78, 5) is 25.9. The number of hydrogen-bond donors (Lipinski definition) is 1. The molecule has 1 amide bonds. The van der Waals surface area contributed by atoms with Crippen LogP contribution < -0.4 is 14.8 Å². The average Bonchev–Trinajstić information content (AvgIpc) is 2.73. The molecule has 1 aliphatic rings. The minimum Gasteiger partial charge on any atom is -0.486 e. The van der Waals surface area contributed by atoms with Gasteiger partial charge in [0, 0.05) is 21.7 Å². The van der Waals surface area contributed by atoms with Crippen molar-refractivity contribution in [1.29, 1.82) is 0 Å². The number of halogens is 2. The summed E-state index contributed by atoms with van der Waals surface area (Å²) < 4.78 is 25.0. The first-order valence-electron chi connectivity index (χ1n) is 8.83. The Morgan fingerprint density at radius 3 is 2.24 bits per heavy atom. The summed E-state index contributed by atoms with van der Waals surface area (Å²) in [6.45, 7) is 0.743. The van der Waals surface area contributed by atoms with Crippen molar-refractivity contribution in [2.75, 3.05) is 18.5 Å². The van der Waals surface area contributed by atoms with E-state index in [2.05, 4.69) is 21.2 Å². The van der Waals surface area contributed by atoms with Crippen molar-refractivity contribution in [2.24, 2.45) is 0 Å². The summed E-state index contributed by atoms with van der Waals surface area (Å²) in [5, 5.41) is 2.73. The van der Waals surface area contributed by atoms with Gasteiger partial charge >= 0.3 is 0 Å². The van der Waals surface area contributed by atoms with E-state index < -0.39 is 11.7 Å². The van der Waals surface area contributed by atoms with Crippen LogP contribution in [0.1, 0.15) is 26.3 Å². The van der Waals surface area contributed by atoms with E-state index >= 15 is 0 Å². The lowest BCUT2D eigenvalue weighted by atomic mass is 10.0. The van der Waals surface area contributed by atoms with Gasteiger partial charge in [-0.05, 0) is 42.5 Å². The third kappa shape index (κ3) is 4.00. The first kappa shape index (κ1) is 19.1. The van der Waals surface area contributed by atoms with Crippen molar-refractivity contribution in [1.82, 2.24) is 0 Å². The Morgan fingerprint density at radius 2 is 1.55 bits per heavy atom. The second kappa shape index (κ2) is 8.05. The predicted octanol–water partition coefficient (Wildman–Crippen LogP) is 4.84. The molecule has 1 aliphatic heterocycles. The Labute approximate surface area is 174 Å². The number of ketones is 1. The molecule has 1 heterocycles. The molecule has 1 N–H and O–H groups in total. The molecule has 146 valence electrons. The maximum atomic E-state index is 13.2. The average molecular weight is 456 g/mol. The number of anilines is 1. The molecule has 3 aromatic carbocycles. The predicted molar refractivity (Wildman–Crippen MR) is 109 cm³/mol. The monoisotopic (exact) mass is 455 g/mol. The fourth-order valence-corrected chi connectivity index (χ4v) is 3.43. The van der Waals surface area contributed by atoms with Gasteiger partial charge in [0.2, 0.25) is 0 Å². The Balaban J connectivity index is 1.75. The number of hydrogen-bond acceptors (Lipinski definition) is 4. The van der Waals surface area contributed by atoms with Crippen LogP contribution in [-0.4, -0.2) is 24.9 Å². The SMILES string of the molecule is O=C(Nc1cc2c(cc1C(=O)c1ccccc1Br)OCCO2)c1ccc(F)cc1. The van der Waals surface area contributed by atoms with Gasteiger partial charge in [0.25, 0.3) is 5.91 Å². The molecule has 0 saturated heterocycles. The van der Waals surface area contributed by atoms with E-state index in [1.54, 1.807) is 30.3 Å². The van der Waals surface area contributed by atoms with Crippen molar-refractivity contribution < 1.29 is 23.5 Å². The van der Waals surface area contributed by atoms with Crippen molar-refractivity contribution >= 4 is 33.3 Å². The Hall–Kier alpha value is -3.19. The van der Waals surface area contributed by atoms with Gasteiger partial charge in [-0.15, -0.1) is 0 Å². The summed E-state index contributed by atoms with van der Waals surface area (Å²) in [6.07, 6.45) is 0. The van der Waals surface area contributed by atoms with Crippen LogP contribution in [0.15, 0.2) is 65.1 Å². The summed E-state index contributed by atoms with van der Waals surface area (Å²) >= 11 is 3.39. The van der Waals surface area contributed by atoms with Gasteiger partial charge in [0.15, 0.2) is 17.3 Å². The molecule has 0 atom stereocenters. The second-order valence-corrected chi connectivity index (χ2v) is 7.17. The topological polar surface area (TPSA) is 64.6 Å². The van der Waals surface area contributed by atoms with E-state index in [4.69, 9.17) is 9.47 Å². The van der Waals surface area contributed by atoms with E-state index in [-0.39, 0.29) is 22.6 Å². The molecule has 3 aromatic rings. The van der Waals surface area contributed by atoms with Crippen molar-refractivity contribution in [3.8, 4) is 11.5 Å². The number of nitrogens with one attached hydrogen (secondary N) is 1. The van der Waals surface area contributed by atoms with Gasteiger partial charge in [-0.1, -0.05) is 28.1 Å². The zero-order valence-electron chi connectivity index (χ0n) is 15.1. The van der Waals surface area contributed by atoms with Crippen molar-refractivity contribution in [2.45, 2.75) is 0 Å². The smallest absolute Gasteiger partial charge is 0.255 e. The van der Waals surface area contributed by atoms with Crippen molar-refractivity contribution in [3.05, 3.63) is 87.6 Å². The Morgan fingerprint density at radius 1 is 0.897 bits per heavy atom. The summed E-state index contributed by atoms with van der Waals surface area (Å²) in [7, 11) is 0. The van der Waals surface area contributed by atoms with Crippen LogP contribution in [0.2, 0.25) is 0 Å². The number of carbonyl (C=O) groups is 2. The van der Waals surface area contributed by atoms with E-state index in [0.29, 0.717) is 34.7 Å². The molecule has 7 heteroatoms. The maximum absolute atomic E-state index is 13.2. The molecular weight excluding hydrogens is 441 g/mol. The van der Waals surface area contributed by atoms with Gasteiger partial charge in [0.05, 0.1) is 11.3 Å². The lowest BCUT2D eigenvalue weighted by Crippen LogP contribution is -2.19. The minimum atomic E-state index is -0.470. The van der Waals surface area contributed by atoms with E-state index in [1.165, 1.54) is 24.3 Å². The van der Waals surface area contributed by atoms with Gasteiger partial charge in [-0.25, -0.2) is 4.39 Å². The number of benzene rings is 3. The van der Waals surface area contributed by atoms with E-state index in [0.717, 1.165) is 0 Å². The van der Waals surface area contributed by atoms with Crippen LogP contribution in [0, 0.1) is 5.82 Å². The molecular formula is C22H15BrFNO4. The highest BCUT2D eigenvalue weighted by atomic mass is 79.9. The van der Waals surface area contributed by atoms with Crippen molar-refractivity contribution in [3.63, 3.8) is 0 Å². The molecule has 0 aromatic heterocycles. The molecule has 0 spiro atoms. The first-order valence-corrected chi connectivity index (χ1v) is 9.62. The maximum Gasteiger partial charge on any atom is 0.255 e. The number of fused-ring (bicyclic) bond motifs is 1. The lowest BCUT2D eigenvalue weighted by Gasteiger charge is -2.21. The normalized spacial score (nSPS) is 12.3. The molecule has 0 radical (unpaired) electrons. The summed E-state index contributed by atoms with van der Waals surface area (Å²) in [5.74, 6) is -0.321. The molecule has 0 aliphatic carbocycles. The molecule has 4 rings (SSSR count). The summed E-state index contributed by atoms with van der Waals surface area (Å²) in [5.41, 5.74) is 1.25. The molecule has 0 unspecified atom stereocenters. The number of ether oxygens (including phenoxy) is 2. The van der Waals surface area contributed by atoms with Gasteiger partial charge in [0.1, 0.15) is 19.0 Å². The third-order valence-electron chi connectivity index (χ3n) is 4.40. The summed E-state index contributed by atoms with van der Waals surface area (Å²) in [6, 6.07) is 15.3. The number of amides is 1. The lowest BCUT2D eigenvalue weighted by molar-refractivity contribution is 0.102. The van der Waals surface area contributed by atoms with Crippen LogP contribution in [0.3, 0.4) is 0 Å². The molecule has 29 heavy (non-hydrogen) atoms. The highest BCUT2D eigenvalue weighted by Gasteiger charge is 2.23. The quantitative estimate of drug-likeness (QED) is 0.571. The van der Waals surface area contributed by atoms with Gasteiger partial charge < -0.3 is 14.8 Å². The number of carbonyl (C=O) groups excluding carboxylic acids is 2. The van der Waals surface area contributed by atoms with Crippen LogP contribution in [-0.2, 0) is 0 Å². The fraction of sp³-hybridized carbons (Fsp3) is 0.0909. The fourth-order valence-electron chi connectivity index (χ4n) is 2.97. The molecule has 0 saturated carbocycles. The largest absolute Gasteiger partial charge is 0.486 e. The standard InChI is InChI=1S/C22H15BrFNO4/c23-17-4-2-1-3-15(17)21(26)16-11-19-20(29-10-9-28-19)12-18(16)25-22(27)13-5-7-14(24)8-6-13/h1-8,11-12H,9-10H2,(H,25,27). The van der Waals surface area contributed by atoms with E-state index in [9.17, 15) is 14.0 Å². The Bertz CT molecular complexity index is 1100. The van der Waals surface area contributed by atoms with Crippen LogP contribution in [0.4, 0.5) is 10.1 Å². The zero-order chi connectivity index (χ0) is 20.4. The third-order valence-corrected chi connectivity index (χ3v) is 5.09. The van der Waals surface area contributed by atoms with Crippen LogP contribution in [0.25, 0.3) is 0 Å². The van der Waals surface area contributed by atoms with Crippen LogP contribution >= 0.6 is 15.9 Å². The minimum absolute atomic E-state index is 0.261. The second-order valence-electron chi connectivity index (χ2n) is 6.31. The molecule has 0 fully saturated rings. The highest BCUT2D eigenvalue weighted by Crippen LogP contribution is 2.37. The van der Waals surface area contributed by atoms with Gasteiger partial charge in [-0.2, -0.15) is 0 Å². The molecule has 0 bridgehead atoms. The molecule has 5 nitrogen and oxygen atoms in total. The van der Waals surface area contributed by atoms with Crippen LogP contribution in [0.5, 0.6) is 11.5 Å². The van der Waals surface area contributed by atoms with E-state index in [1.807, 2.05) is 6.07 Å². The Kier molecular flexibility index (Phi) is 5.31. The first-order chi connectivity index (χ1) is 14.0. The zero-order valence-corrected chi connectivity index (χ0v) is 16.7. The number of rotatable bonds is 4. The highest BCUT2D eigenvalue weighted by molar-refractivity contribution is 9.10. The van der Waals surface area contributed by atoms with Gasteiger partial charge in [-0.3, -0.25) is 9.59 Å².